The molecule has 68 valence electrons. The lowest BCUT2D eigenvalue weighted by Gasteiger charge is -2.29. The monoisotopic (exact) mass is 175 g/mol. The van der Waals surface area contributed by atoms with E-state index in [9.17, 15) is 0 Å². The van der Waals surface area contributed by atoms with Crippen molar-refractivity contribution in [2.45, 2.75) is 13.3 Å². The van der Waals surface area contributed by atoms with Crippen molar-refractivity contribution < 1.29 is 0 Å². The van der Waals surface area contributed by atoms with Crippen LogP contribution in [0.1, 0.15) is 13.3 Å². The molecule has 3 nitrogen and oxygen atoms in total. The van der Waals surface area contributed by atoms with E-state index in [2.05, 4.69) is 18.9 Å². The molecule has 0 aromatic carbocycles. The number of nitriles is 2. The molecule has 1 saturated heterocycles. The quantitative estimate of drug-likeness (QED) is 0.521. The third kappa shape index (κ3) is 2.08. The Bertz CT molecular complexity index is 287. The predicted molar refractivity (Wildman–Crippen MR) is 49.5 cm³/mol. The lowest BCUT2D eigenvalue weighted by atomic mass is 9.90. The molecule has 1 rings (SSSR count). The van der Waals surface area contributed by atoms with E-state index in [-0.39, 0.29) is 0 Å². The molecule has 1 fully saturated rings. The number of rotatable bonds is 0. The first-order valence-electron chi connectivity index (χ1n) is 4.40. The molecule has 13 heavy (non-hydrogen) atoms. The summed E-state index contributed by atoms with van der Waals surface area (Å²) in [6.45, 7) is 3.97. The SMILES string of the molecule is CC1CN(C)CCC1=C(C#N)C#N. The number of allylic oxidation sites excluding steroid dienone is 1. The van der Waals surface area contributed by atoms with Gasteiger partial charge in [-0.05, 0) is 25.0 Å². The molecule has 1 atom stereocenters. The molecular formula is C10H13N3. The number of likely N-dealkylation sites (tertiary alicyclic amines) is 1. The Morgan fingerprint density at radius 2 is 2.08 bits per heavy atom. The molecule has 0 spiro atoms. The molecule has 0 aromatic heterocycles. The standard InChI is InChI=1S/C10H13N3/c1-8-7-13(2)4-3-10(8)9(5-11)6-12/h8H,3-4,7H2,1-2H3. The van der Waals surface area contributed by atoms with Gasteiger partial charge in [-0.15, -0.1) is 0 Å². The van der Waals surface area contributed by atoms with Gasteiger partial charge in [-0.2, -0.15) is 10.5 Å². The van der Waals surface area contributed by atoms with Crippen molar-refractivity contribution in [2.24, 2.45) is 5.92 Å². The van der Waals surface area contributed by atoms with E-state index in [1.165, 1.54) is 0 Å². The van der Waals surface area contributed by atoms with Gasteiger partial charge in [0, 0.05) is 13.1 Å². The first-order valence-corrected chi connectivity index (χ1v) is 4.40. The Kier molecular flexibility index (Phi) is 3.06. The van der Waals surface area contributed by atoms with Crippen molar-refractivity contribution in [1.29, 1.82) is 10.5 Å². The molecule has 0 N–H and O–H groups in total. The lowest BCUT2D eigenvalue weighted by molar-refractivity contribution is 0.267. The van der Waals surface area contributed by atoms with Crippen LogP contribution in [0.5, 0.6) is 0 Å². The van der Waals surface area contributed by atoms with Gasteiger partial charge in [0.2, 0.25) is 0 Å². The van der Waals surface area contributed by atoms with Gasteiger partial charge in [-0.1, -0.05) is 6.92 Å². The van der Waals surface area contributed by atoms with Crippen LogP contribution >= 0.6 is 0 Å². The minimum atomic E-state index is 0.320. The molecule has 1 unspecified atom stereocenters. The van der Waals surface area contributed by atoms with Crippen LogP contribution in [-0.4, -0.2) is 25.0 Å². The molecule has 0 amide bonds. The minimum Gasteiger partial charge on any atom is -0.305 e. The summed E-state index contributed by atoms with van der Waals surface area (Å²) >= 11 is 0. The molecule has 1 aliphatic rings. The van der Waals surface area contributed by atoms with Crippen molar-refractivity contribution in [3.8, 4) is 12.1 Å². The van der Waals surface area contributed by atoms with Crippen LogP contribution in [0.2, 0.25) is 0 Å². The van der Waals surface area contributed by atoms with Gasteiger partial charge in [0.05, 0.1) is 0 Å². The molecule has 0 aliphatic carbocycles. The van der Waals surface area contributed by atoms with Crippen molar-refractivity contribution in [3.05, 3.63) is 11.1 Å². The van der Waals surface area contributed by atoms with Crippen molar-refractivity contribution >= 4 is 0 Å². The van der Waals surface area contributed by atoms with Crippen molar-refractivity contribution in [3.63, 3.8) is 0 Å². The van der Waals surface area contributed by atoms with Gasteiger partial charge >= 0.3 is 0 Å². The summed E-state index contributed by atoms with van der Waals surface area (Å²) in [5, 5.41) is 17.4. The first kappa shape index (κ1) is 9.77. The highest BCUT2D eigenvalue weighted by Gasteiger charge is 2.21. The molecule has 0 saturated carbocycles. The smallest absolute Gasteiger partial charge is 0.129 e. The van der Waals surface area contributed by atoms with Crippen molar-refractivity contribution in [2.75, 3.05) is 20.1 Å². The summed E-state index contributed by atoms with van der Waals surface area (Å²) in [7, 11) is 2.06. The van der Waals surface area contributed by atoms with E-state index in [1.54, 1.807) is 0 Å². The molecule has 1 aliphatic heterocycles. The van der Waals surface area contributed by atoms with E-state index in [4.69, 9.17) is 10.5 Å². The van der Waals surface area contributed by atoms with Gasteiger partial charge in [0.1, 0.15) is 17.7 Å². The number of hydrogen-bond donors (Lipinski definition) is 0. The van der Waals surface area contributed by atoms with Gasteiger partial charge in [-0.25, -0.2) is 0 Å². The maximum atomic E-state index is 8.72. The Labute approximate surface area is 78.9 Å². The van der Waals surface area contributed by atoms with Crippen LogP contribution in [-0.2, 0) is 0 Å². The summed E-state index contributed by atoms with van der Waals surface area (Å²) < 4.78 is 0. The Morgan fingerprint density at radius 1 is 1.46 bits per heavy atom. The second kappa shape index (κ2) is 4.07. The number of hydrogen-bond acceptors (Lipinski definition) is 3. The van der Waals surface area contributed by atoms with Gasteiger partial charge in [0.15, 0.2) is 0 Å². The summed E-state index contributed by atoms with van der Waals surface area (Å²) in [4.78, 5) is 2.22. The summed E-state index contributed by atoms with van der Waals surface area (Å²) in [5.41, 5.74) is 1.35. The lowest BCUT2D eigenvalue weighted by Crippen LogP contribution is -2.32. The molecule has 0 bridgehead atoms. The zero-order chi connectivity index (χ0) is 9.84. The van der Waals surface area contributed by atoms with Crippen molar-refractivity contribution in [1.82, 2.24) is 4.90 Å². The van der Waals surface area contributed by atoms with E-state index >= 15 is 0 Å². The van der Waals surface area contributed by atoms with Crippen LogP contribution in [0, 0.1) is 28.6 Å². The normalized spacial score (nSPS) is 23.4. The Hall–Kier alpha value is -1.32. The maximum absolute atomic E-state index is 8.72. The third-order valence-electron chi connectivity index (χ3n) is 2.49. The zero-order valence-corrected chi connectivity index (χ0v) is 8.04. The summed E-state index contributed by atoms with van der Waals surface area (Å²) in [6, 6.07) is 3.93. The third-order valence-corrected chi connectivity index (χ3v) is 2.49. The fraction of sp³-hybridized carbons (Fsp3) is 0.600. The van der Waals surface area contributed by atoms with Gasteiger partial charge < -0.3 is 4.90 Å². The fourth-order valence-corrected chi connectivity index (χ4v) is 1.77. The second-order valence-corrected chi connectivity index (χ2v) is 3.54. The average Bonchev–Trinajstić information content (AvgIpc) is 2.10. The van der Waals surface area contributed by atoms with Gasteiger partial charge in [0.25, 0.3) is 0 Å². The molecule has 0 radical (unpaired) electrons. The average molecular weight is 175 g/mol. The van der Waals surface area contributed by atoms with Crippen LogP contribution in [0.3, 0.4) is 0 Å². The highest BCUT2D eigenvalue weighted by molar-refractivity contribution is 5.41. The summed E-state index contributed by atoms with van der Waals surface area (Å²) in [6.07, 6.45) is 0.855. The summed E-state index contributed by atoms with van der Waals surface area (Å²) in [5.74, 6) is 0.341. The number of nitrogens with zero attached hydrogens (tertiary/aromatic N) is 3. The van der Waals surface area contributed by atoms with Crippen LogP contribution in [0.25, 0.3) is 0 Å². The largest absolute Gasteiger partial charge is 0.305 e. The molecular weight excluding hydrogens is 162 g/mol. The highest BCUT2D eigenvalue weighted by Crippen LogP contribution is 2.24. The van der Waals surface area contributed by atoms with Crippen LogP contribution < -0.4 is 0 Å². The van der Waals surface area contributed by atoms with Crippen LogP contribution in [0.15, 0.2) is 11.1 Å². The van der Waals surface area contributed by atoms with E-state index < -0.39 is 0 Å². The predicted octanol–water partition coefficient (Wildman–Crippen LogP) is 1.30. The highest BCUT2D eigenvalue weighted by atomic mass is 15.1. The van der Waals surface area contributed by atoms with E-state index in [0.717, 1.165) is 25.1 Å². The molecule has 1 heterocycles. The number of piperidine rings is 1. The first-order chi connectivity index (χ1) is 6.19. The van der Waals surface area contributed by atoms with Gasteiger partial charge in [-0.3, -0.25) is 0 Å². The van der Waals surface area contributed by atoms with E-state index in [0.29, 0.717) is 11.5 Å². The minimum absolute atomic E-state index is 0.320. The second-order valence-electron chi connectivity index (χ2n) is 3.54. The Balaban J connectivity index is 2.89. The fourth-order valence-electron chi connectivity index (χ4n) is 1.77. The van der Waals surface area contributed by atoms with Crippen LogP contribution in [0.4, 0.5) is 0 Å². The maximum Gasteiger partial charge on any atom is 0.129 e. The zero-order valence-electron chi connectivity index (χ0n) is 8.04. The molecule has 0 aromatic rings. The topological polar surface area (TPSA) is 50.8 Å². The van der Waals surface area contributed by atoms with E-state index in [1.807, 2.05) is 12.1 Å². The Morgan fingerprint density at radius 3 is 2.54 bits per heavy atom. The molecule has 3 heteroatoms.